The highest BCUT2D eigenvalue weighted by Gasteiger charge is 2.29. The highest BCUT2D eigenvalue weighted by atomic mass is 19.1. The van der Waals surface area contributed by atoms with E-state index in [9.17, 15) is 23.6 Å². The molecule has 3 aromatic rings. The zero-order valence-corrected chi connectivity index (χ0v) is 18.9. The summed E-state index contributed by atoms with van der Waals surface area (Å²) in [6.45, 7) is 2.19. The summed E-state index contributed by atoms with van der Waals surface area (Å²) < 4.78 is 23.9. The van der Waals surface area contributed by atoms with Crippen LogP contribution in [0.3, 0.4) is 0 Å². The van der Waals surface area contributed by atoms with Gasteiger partial charge in [0.1, 0.15) is 11.5 Å². The summed E-state index contributed by atoms with van der Waals surface area (Å²) in [6.07, 6.45) is 2.46. The molecule has 8 heteroatoms. The Bertz CT molecular complexity index is 1300. The number of alkyl halides is 1. The third-order valence-electron chi connectivity index (χ3n) is 5.12. The van der Waals surface area contributed by atoms with Crippen molar-refractivity contribution in [1.29, 1.82) is 0 Å². The SMILES string of the molecule is CC(C)(F)C(=O)Oc1ccc(C(=O)Oc2ccc(-c3ccc(N4C(=O)C=CC4=O)cc3)cc2)cc1. The number of imide groups is 1. The average molecular weight is 473 g/mol. The van der Waals surface area contributed by atoms with E-state index in [2.05, 4.69) is 0 Å². The predicted molar refractivity (Wildman–Crippen MR) is 126 cm³/mol. The van der Waals surface area contributed by atoms with Crippen LogP contribution < -0.4 is 14.4 Å². The molecule has 1 heterocycles. The van der Waals surface area contributed by atoms with Crippen molar-refractivity contribution in [2.24, 2.45) is 0 Å². The van der Waals surface area contributed by atoms with E-state index in [1.54, 1.807) is 48.5 Å². The lowest BCUT2D eigenvalue weighted by molar-refractivity contribution is -0.145. The number of hydrogen-bond acceptors (Lipinski definition) is 6. The third-order valence-corrected chi connectivity index (χ3v) is 5.12. The van der Waals surface area contributed by atoms with Gasteiger partial charge in [-0.3, -0.25) is 9.59 Å². The summed E-state index contributed by atoms with van der Waals surface area (Å²) in [5.74, 6) is -1.97. The van der Waals surface area contributed by atoms with E-state index in [0.29, 0.717) is 11.4 Å². The Morgan fingerprint density at radius 1 is 0.714 bits per heavy atom. The molecule has 7 nitrogen and oxygen atoms in total. The Hall–Kier alpha value is -4.59. The molecule has 0 aromatic heterocycles. The number of halogens is 1. The monoisotopic (exact) mass is 473 g/mol. The zero-order chi connectivity index (χ0) is 25.2. The standard InChI is InChI=1S/C27H20FNO6/c1-27(2,28)26(33)35-22-13-7-19(8-14-22)25(32)34-21-11-5-18(6-12-21)17-3-9-20(10-4-17)29-23(30)15-16-24(29)31/h3-16H,1-2H3. The van der Waals surface area contributed by atoms with E-state index in [1.807, 2.05) is 0 Å². The molecule has 0 saturated heterocycles. The fourth-order valence-electron chi connectivity index (χ4n) is 3.23. The lowest BCUT2D eigenvalue weighted by Crippen LogP contribution is -2.30. The first-order chi connectivity index (χ1) is 16.6. The minimum absolute atomic E-state index is 0.113. The molecule has 35 heavy (non-hydrogen) atoms. The molecule has 176 valence electrons. The molecule has 0 radical (unpaired) electrons. The van der Waals surface area contributed by atoms with Crippen LogP contribution in [0.5, 0.6) is 11.5 Å². The summed E-state index contributed by atoms with van der Waals surface area (Å²) in [4.78, 5) is 48.7. The van der Waals surface area contributed by atoms with E-state index in [4.69, 9.17) is 9.47 Å². The Morgan fingerprint density at radius 3 is 1.69 bits per heavy atom. The maximum Gasteiger partial charge on any atom is 0.348 e. The minimum atomic E-state index is -2.13. The van der Waals surface area contributed by atoms with Crippen molar-refractivity contribution in [2.45, 2.75) is 19.5 Å². The second-order valence-electron chi connectivity index (χ2n) is 8.19. The molecule has 3 aromatic carbocycles. The van der Waals surface area contributed by atoms with E-state index in [-0.39, 0.29) is 23.1 Å². The van der Waals surface area contributed by atoms with Crippen LogP contribution >= 0.6 is 0 Å². The number of rotatable bonds is 6. The molecule has 1 aliphatic rings. The number of ether oxygens (including phenoxy) is 2. The summed E-state index contributed by atoms with van der Waals surface area (Å²) in [5.41, 5.74) is 0.267. The molecule has 0 spiro atoms. The van der Waals surface area contributed by atoms with E-state index in [1.165, 1.54) is 36.4 Å². The van der Waals surface area contributed by atoms with E-state index >= 15 is 0 Å². The van der Waals surface area contributed by atoms with Crippen LogP contribution in [0, 0.1) is 0 Å². The van der Waals surface area contributed by atoms with Gasteiger partial charge >= 0.3 is 11.9 Å². The van der Waals surface area contributed by atoms with Crippen molar-refractivity contribution >= 4 is 29.4 Å². The quantitative estimate of drug-likeness (QED) is 0.294. The second-order valence-corrected chi connectivity index (χ2v) is 8.19. The zero-order valence-electron chi connectivity index (χ0n) is 18.9. The predicted octanol–water partition coefficient (Wildman–Crippen LogP) is 4.66. The van der Waals surface area contributed by atoms with Gasteiger partial charge in [-0.05, 0) is 73.5 Å². The Balaban J connectivity index is 1.38. The van der Waals surface area contributed by atoms with Crippen molar-refractivity contribution in [1.82, 2.24) is 0 Å². The number of carbonyl (C=O) groups is 4. The number of anilines is 1. The molecule has 0 saturated carbocycles. The summed E-state index contributed by atoms with van der Waals surface area (Å²) in [6, 6.07) is 19.3. The molecule has 0 bridgehead atoms. The van der Waals surface area contributed by atoms with E-state index in [0.717, 1.165) is 29.9 Å². The second kappa shape index (κ2) is 9.34. The van der Waals surface area contributed by atoms with Crippen LogP contribution in [0.2, 0.25) is 0 Å². The fourth-order valence-corrected chi connectivity index (χ4v) is 3.23. The van der Waals surface area contributed by atoms with Gasteiger partial charge < -0.3 is 9.47 Å². The van der Waals surface area contributed by atoms with Gasteiger partial charge in [0.2, 0.25) is 5.67 Å². The topological polar surface area (TPSA) is 90.0 Å². The van der Waals surface area contributed by atoms with Crippen LogP contribution in [0.15, 0.2) is 84.9 Å². The molecule has 0 aliphatic carbocycles. The molecule has 4 rings (SSSR count). The van der Waals surface area contributed by atoms with Crippen LogP contribution in [0.25, 0.3) is 11.1 Å². The summed E-state index contributed by atoms with van der Waals surface area (Å²) in [5, 5.41) is 0. The first-order valence-electron chi connectivity index (χ1n) is 10.6. The maximum atomic E-state index is 13.6. The highest BCUT2D eigenvalue weighted by Crippen LogP contribution is 2.27. The van der Waals surface area contributed by atoms with Crippen LogP contribution in [-0.4, -0.2) is 29.4 Å². The first kappa shape index (κ1) is 23.6. The van der Waals surface area contributed by atoms with Crippen molar-refractivity contribution in [3.63, 3.8) is 0 Å². The summed E-state index contributed by atoms with van der Waals surface area (Å²) in [7, 11) is 0. The summed E-state index contributed by atoms with van der Waals surface area (Å²) >= 11 is 0. The molecule has 0 fully saturated rings. The van der Waals surface area contributed by atoms with Gasteiger partial charge in [-0.1, -0.05) is 24.3 Å². The van der Waals surface area contributed by atoms with Gasteiger partial charge in [0.15, 0.2) is 0 Å². The van der Waals surface area contributed by atoms with Crippen molar-refractivity contribution < 1.29 is 33.0 Å². The minimum Gasteiger partial charge on any atom is -0.424 e. The van der Waals surface area contributed by atoms with Crippen LogP contribution in [0.1, 0.15) is 24.2 Å². The number of amides is 2. The number of carbonyl (C=O) groups excluding carboxylic acids is 4. The molecule has 0 atom stereocenters. The molecular weight excluding hydrogens is 453 g/mol. The first-order valence-corrected chi connectivity index (χ1v) is 10.6. The number of esters is 2. The average Bonchev–Trinajstić information content (AvgIpc) is 3.17. The van der Waals surface area contributed by atoms with Crippen LogP contribution in [0.4, 0.5) is 10.1 Å². The Labute approximate surface area is 200 Å². The van der Waals surface area contributed by atoms with Crippen molar-refractivity contribution in [3.05, 3.63) is 90.5 Å². The van der Waals surface area contributed by atoms with Gasteiger partial charge in [-0.2, -0.15) is 0 Å². The van der Waals surface area contributed by atoms with Crippen LogP contribution in [-0.2, 0) is 14.4 Å². The molecule has 0 unspecified atom stereocenters. The van der Waals surface area contributed by atoms with Gasteiger partial charge in [-0.25, -0.2) is 18.9 Å². The molecule has 1 aliphatic heterocycles. The highest BCUT2D eigenvalue weighted by molar-refractivity contribution is 6.28. The number of benzene rings is 3. The molecule has 0 N–H and O–H groups in total. The van der Waals surface area contributed by atoms with Crippen molar-refractivity contribution in [3.8, 4) is 22.6 Å². The van der Waals surface area contributed by atoms with Gasteiger partial charge in [0.05, 0.1) is 11.3 Å². The van der Waals surface area contributed by atoms with E-state index < -0.39 is 17.6 Å². The van der Waals surface area contributed by atoms with Gasteiger partial charge in [0.25, 0.3) is 11.8 Å². The van der Waals surface area contributed by atoms with Crippen molar-refractivity contribution in [2.75, 3.05) is 4.90 Å². The Kier molecular flexibility index (Phi) is 6.29. The number of hydrogen-bond donors (Lipinski definition) is 0. The maximum absolute atomic E-state index is 13.6. The largest absolute Gasteiger partial charge is 0.424 e. The lowest BCUT2D eigenvalue weighted by atomic mass is 10.1. The number of nitrogens with zero attached hydrogens (tertiary/aromatic N) is 1. The Morgan fingerprint density at radius 2 is 1.17 bits per heavy atom. The molecular formula is C27H20FNO6. The van der Waals surface area contributed by atoms with Gasteiger partial charge in [0, 0.05) is 12.2 Å². The van der Waals surface area contributed by atoms with Gasteiger partial charge in [-0.15, -0.1) is 0 Å². The normalized spacial score (nSPS) is 13.2. The third kappa shape index (κ3) is 5.33. The lowest BCUT2D eigenvalue weighted by Gasteiger charge is -2.14. The molecule has 2 amide bonds. The smallest absolute Gasteiger partial charge is 0.348 e. The fraction of sp³-hybridized carbons (Fsp3) is 0.111.